The number of hydrogen-bond donors (Lipinski definition) is 2. The molecule has 7 nitrogen and oxygen atoms in total. The van der Waals surface area contributed by atoms with E-state index in [2.05, 4.69) is 0 Å². The molecule has 0 aliphatic rings. The van der Waals surface area contributed by atoms with Gasteiger partial charge in [-0.15, -0.1) is 0 Å². The van der Waals surface area contributed by atoms with Crippen molar-refractivity contribution in [1.82, 2.24) is 4.90 Å². The molecule has 0 fully saturated rings. The second kappa shape index (κ2) is 9.73. The fourth-order valence-electron chi connectivity index (χ4n) is 2.30. The standard InChI is InChI=1S/C21H29N3O4/c1-21(2,3)28-20(25)24(12-14-26-18-8-4-16(22)5-9-18)13-15-27-19-10-6-17(23)7-11-19/h4-11H,12-15,22-23H2,1-3H3. The minimum atomic E-state index is -0.578. The molecule has 152 valence electrons. The van der Waals surface area contributed by atoms with Gasteiger partial charge < -0.3 is 30.6 Å². The third kappa shape index (κ3) is 7.65. The molecule has 2 rings (SSSR count). The number of amides is 1. The van der Waals surface area contributed by atoms with Crippen molar-refractivity contribution in [1.29, 1.82) is 0 Å². The molecule has 0 radical (unpaired) electrons. The summed E-state index contributed by atoms with van der Waals surface area (Å²) in [6, 6.07) is 14.2. The van der Waals surface area contributed by atoms with Crippen LogP contribution in [0, 0.1) is 0 Å². The number of anilines is 2. The smallest absolute Gasteiger partial charge is 0.410 e. The van der Waals surface area contributed by atoms with Gasteiger partial charge in [-0.3, -0.25) is 0 Å². The van der Waals surface area contributed by atoms with Gasteiger partial charge >= 0.3 is 6.09 Å². The third-order valence-electron chi connectivity index (χ3n) is 3.67. The average Bonchev–Trinajstić information content (AvgIpc) is 2.62. The van der Waals surface area contributed by atoms with Gasteiger partial charge in [0.2, 0.25) is 0 Å². The van der Waals surface area contributed by atoms with E-state index in [-0.39, 0.29) is 0 Å². The molecule has 0 bridgehead atoms. The van der Waals surface area contributed by atoms with Gasteiger partial charge in [-0.2, -0.15) is 0 Å². The van der Waals surface area contributed by atoms with Crippen LogP contribution in [0.25, 0.3) is 0 Å². The molecule has 0 spiro atoms. The zero-order valence-electron chi connectivity index (χ0n) is 16.7. The SMILES string of the molecule is CC(C)(C)OC(=O)N(CCOc1ccc(N)cc1)CCOc1ccc(N)cc1. The summed E-state index contributed by atoms with van der Waals surface area (Å²) in [6.07, 6.45) is -0.408. The first-order chi connectivity index (χ1) is 13.2. The number of carbonyl (C=O) groups is 1. The van der Waals surface area contributed by atoms with Gasteiger partial charge in [0, 0.05) is 11.4 Å². The van der Waals surface area contributed by atoms with Crippen molar-refractivity contribution in [2.75, 3.05) is 37.8 Å². The van der Waals surface area contributed by atoms with Gasteiger partial charge in [0.05, 0.1) is 13.1 Å². The second-order valence-electron chi connectivity index (χ2n) is 7.30. The summed E-state index contributed by atoms with van der Waals surface area (Å²) < 4.78 is 16.9. The molecule has 0 aliphatic carbocycles. The van der Waals surface area contributed by atoms with Crippen LogP contribution in [-0.4, -0.2) is 42.9 Å². The largest absolute Gasteiger partial charge is 0.492 e. The molecule has 0 unspecified atom stereocenters. The fraction of sp³-hybridized carbons (Fsp3) is 0.381. The number of benzene rings is 2. The number of rotatable bonds is 8. The van der Waals surface area contributed by atoms with Crippen LogP contribution in [0.4, 0.5) is 16.2 Å². The third-order valence-corrected chi connectivity index (χ3v) is 3.67. The molecule has 0 aromatic heterocycles. The van der Waals surface area contributed by atoms with E-state index in [1.807, 2.05) is 20.8 Å². The number of ether oxygens (including phenoxy) is 3. The molecule has 7 heteroatoms. The maximum Gasteiger partial charge on any atom is 0.410 e. The molecule has 0 saturated carbocycles. The van der Waals surface area contributed by atoms with E-state index in [1.165, 1.54) is 0 Å². The van der Waals surface area contributed by atoms with Crippen LogP contribution in [-0.2, 0) is 4.74 Å². The highest BCUT2D eigenvalue weighted by Crippen LogP contribution is 2.15. The molecule has 1 amide bonds. The van der Waals surface area contributed by atoms with E-state index in [0.29, 0.717) is 49.2 Å². The highest BCUT2D eigenvalue weighted by atomic mass is 16.6. The van der Waals surface area contributed by atoms with E-state index in [4.69, 9.17) is 25.7 Å². The summed E-state index contributed by atoms with van der Waals surface area (Å²) in [5.41, 5.74) is 12.1. The molecule has 2 aromatic rings. The Morgan fingerprint density at radius 2 is 1.21 bits per heavy atom. The van der Waals surface area contributed by atoms with E-state index in [0.717, 1.165) is 0 Å². The van der Waals surface area contributed by atoms with Crippen molar-refractivity contribution in [2.45, 2.75) is 26.4 Å². The van der Waals surface area contributed by atoms with Gasteiger partial charge in [-0.1, -0.05) is 0 Å². The quantitative estimate of drug-likeness (QED) is 0.672. The maximum absolute atomic E-state index is 12.5. The van der Waals surface area contributed by atoms with Crippen molar-refractivity contribution < 1.29 is 19.0 Å². The first-order valence-corrected chi connectivity index (χ1v) is 9.17. The molecular formula is C21H29N3O4. The monoisotopic (exact) mass is 387 g/mol. The van der Waals surface area contributed by atoms with Crippen LogP contribution in [0.5, 0.6) is 11.5 Å². The van der Waals surface area contributed by atoms with Gasteiger partial charge in [0.25, 0.3) is 0 Å². The zero-order valence-corrected chi connectivity index (χ0v) is 16.7. The van der Waals surface area contributed by atoms with Crippen molar-refractivity contribution in [3.8, 4) is 11.5 Å². The predicted molar refractivity (Wildman–Crippen MR) is 111 cm³/mol. The molecule has 4 N–H and O–H groups in total. The molecule has 2 aromatic carbocycles. The Balaban J connectivity index is 1.88. The predicted octanol–water partition coefficient (Wildman–Crippen LogP) is 3.55. The lowest BCUT2D eigenvalue weighted by molar-refractivity contribution is 0.0202. The van der Waals surface area contributed by atoms with Crippen molar-refractivity contribution in [2.24, 2.45) is 0 Å². The van der Waals surface area contributed by atoms with Gasteiger partial charge in [-0.05, 0) is 69.3 Å². The number of carbonyl (C=O) groups excluding carboxylic acids is 1. The van der Waals surface area contributed by atoms with Crippen LogP contribution in [0.15, 0.2) is 48.5 Å². The van der Waals surface area contributed by atoms with Crippen LogP contribution in [0.1, 0.15) is 20.8 Å². The van der Waals surface area contributed by atoms with E-state index in [1.54, 1.807) is 53.4 Å². The lowest BCUT2D eigenvalue weighted by Crippen LogP contribution is -2.41. The normalized spacial score (nSPS) is 11.0. The molecule has 0 heterocycles. The van der Waals surface area contributed by atoms with Gasteiger partial charge in [0.15, 0.2) is 0 Å². The van der Waals surface area contributed by atoms with Crippen LogP contribution in [0.3, 0.4) is 0 Å². The van der Waals surface area contributed by atoms with Gasteiger partial charge in [0.1, 0.15) is 30.3 Å². The van der Waals surface area contributed by atoms with Gasteiger partial charge in [-0.25, -0.2) is 4.79 Å². The lowest BCUT2D eigenvalue weighted by atomic mass is 10.2. The summed E-state index contributed by atoms with van der Waals surface area (Å²) >= 11 is 0. The number of nitrogen functional groups attached to an aromatic ring is 2. The highest BCUT2D eigenvalue weighted by Gasteiger charge is 2.22. The molecule has 0 aliphatic heterocycles. The van der Waals surface area contributed by atoms with Crippen molar-refractivity contribution in [3.05, 3.63) is 48.5 Å². The molecular weight excluding hydrogens is 358 g/mol. The summed E-state index contributed by atoms with van der Waals surface area (Å²) in [4.78, 5) is 14.1. The minimum Gasteiger partial charge on any atom is -0.492 e. The number of nitrogens with two attached hydrogens (primary N) is 2. The minimum absolute atomic E-state index is 0.324. The Morgan fingerprint density at radius 3 is 1.57 bits per heavy atom. The Labute approximate surface area is 166 Å². The molecule has 0 atom stereocenters. The number of hydrogen-bond acceptors (Lipinski definition) is 6. The first-order valence-electron chi connectivity index (χ1n) is 9.17. The van der Waals surface area contributed by atoms with E-state index in [9.17, 15) is 4.79 Å². The summed E-state index contributed by atoms with van der Waals surface area (Å²) in [5, 5.41) is 0. The Morgan fingerprint density at radius 1 is 0.821 bits per heavy atom. The van der Waals surface area contributed by atoms with Crippen LogP contribution in [0.2, 0.25) is 0 Å². The van der Waals surface area contributed by atoms with Crippen LogP contribution >= 0.6 is 0 Å². The zero-order chi connectivity index (χ0) is 20.6. The number of nitrogens with zero attached hydrogens (tertiary/aromatic N) is 1. The highest BCUT2D eigenvalue weighted by molar-refractivity contribution is 5.68. The van der Waals surface area contributed by atoms with Crippen LogP contribution < -0.4 is 20.9 Å². The Kier molecular flexibility index (Phi) is 7.37. The second-order valence-corrected chi connectivity index (χ2v) is 7.30. The van der Waals surface area contributed by atoms with Crippen molar-refractivity contribution in [3.63, 3.8) is 0 Å². The first kappa shape index (κ1) is 21.2. The molecule has 28 heavy (non-hydrogen) atoms. The van der Waals surface area contributed by atoms with E-state index < -0.39 is 11.7 Å². The van der Waals surface area contributed by atoms with E-state index >= 15 is 0 Å². The summed E-state index contributed by atoms with van der Waals surface area (Å²) in [6.45, 7) is 6.88. The lowest BCUT2D eigenvalue weighted by Gasteiger charge is -2.27. The fourth-order valence-corrected chi connectivity index (χ4v) is 2.30. The topological polar surface area (TPSA) is 100 Å². The Hall–Kier alpha value is -3.09. The molecule has 0 saturated heterocycles. The Bertz CT molecular complexity index is 688. The average molecular weight is 387 g/mol. The maximum atomic E-state index is 12.5. The van der Waals surface area contributed by atoms with Crippen molar-refractivity contribution >= 4 is 17.5 Å². The summed E-state index contributed by atoms with van der Waals surface area (Å²) in [7, 11) is 0. The summed E-state index contributed by atoms with van der Waals surface area (Å²) in [5.74, 6) is 1.38.